The van der Waals surface area contributed by atoms with Crippen LogP contribution in [-0.2, 0) is 28.6 Å². The maximum Gasteiger partial charge on any atom is 0.306 e. The second kappa shape index (κ2) is 56.7. The van der Waals surface area contributed by atoms with Gasteiger partial charge in [0.05, 0.1) is 0 Å². The van der Waals surface area contributed by atoms with Crippen molar-refractivity contribution in [1.82, 2.24) is 0 Å². The molecule has 0 N–H and O–H groups in total. The molecule has 0 fully saturated rings. The van der Waals surface area contributed by atoms with E-state index in [4.69, 9.17) is 14.2 Å². The van der Waals surface area contributed by atoms with Crippen molar-refractivity contribution < 1.29 is 28.6 Å². The molecule has 1 atom stereocenters. The number of hydrogen-bond donors (Lipinski definition) is 0. The van der Waals surface area contributed by atoms with Crippen LogP contribution in [-0.4, -0.2) is 37.2 Å². The van der Waals surface area contributed by atoms with E-state index in [-0.39, 0.29) is 31.1 Å². The first-order chi connectivity index (χ1) is 34.2. The monoisotopic (exact) mass is 989 g/mol. The lowest BCUT2D eigenvalue weighted by molar-refractivity contribution is -0.167. The Morgan fingerprint density at radius 3 is 0.700 bits per heavy atom. The number of unbranched alkanes of at least 4 members (excludes halogenated alkanes) is 43. The second-order valence-corrected chi connectivity index (χ2v) is 23.0. The first-order valence-electron chi connectivity index (χ1n) is 31.7. The zero-order valence-electron chi connectivity index (χ0n) is 48.2. The molecular formula is C64H124O6. The van der Waals surface area contributed by atoms with Gasteiger partial charge in [-0.3, -0.25) is 14.4 Å². The Balaban J connectivity index is 4.25. The smallest absolute Gasteiger partial charge is 0.306 e. The van der Waals surface area contributed by atoms with E-state index in [0.29, 0.717) is 19.3 Å². The number of ether oxygens (including phenoxy) is 3. The maximum atomic E-state index is 12.9. The van der Waals surface area contributed by atoms with Crippen LogP contribution >= 0.6 is 0 Å². The second-order valence-electron chi connectivity index (χ2n) is 23.0. The SMILES string of the molecule is CCCCCCCCCCCCCCCCCCCCC(=O)O[C@@H](COC(=O)CCCCCCCCCCCCCCCCCCCCC(C)C)COC(=O)CCCCCCCCCCCCC(C)C. The molecule has 0 aliphatic heterocycles. The van der Waals surface area contributed by atoms with Crippen molar-refractivity contribution in [3.05, 3.63) is 0 Å². The molecule has 70 heavy (non-hydrogen) atoms. The van der Waals surface area contributed by atoms with E-state index in [9.17, 15) is 14.4 Å². The molecule has 0 aliphatic carbocycles. The molecule has 0 saturated heterocycles. The van der Waals surface area contributed by atoms with Crippen LogP contribution in [0.15, 0.2) is 0 Å². The lowest BCUT2D eigenvalue weighted by atomic mass is 10.0. The Bertz CT molecular complexity index is 1070. The van der Waals surface area contributed by atoms with Gasteiger partial charge in [-0.1, -0.05) is 324 Å². The highest BCUT2D eigenvalue weighted by atomic mass is 16.6. The van der Waals surface area contributed by atoms with Gasteiger partial charge < -0.3 is 14.2 Å². The normalized spacial score (nSPS) is 12.0. The van der Waals surface area contributed by atoms with Crippen molar-refractivity contribution >= 4 is 17.9 Å². The third-order valence-corrected chi connectivity index (χ3v) is 14.7. The van der Waals surface area contributed by atoms with Crippen LogP contribution in [0.25, 0.3) is 0 Å². The summed E-state index contributed by atoms with van der Waals surface area (Å²) in [5, 5.41) is 0. The molecule has 0 spiro atoms. The minimum Gasteiger partial charge on any atom is -0.462 e. The zero-order chi connectivity index (χ0) is 51.1. The standard InChI is InChI=1S/C64H124O6/c1-6-7-8-9-10-11-12-13-14-15-19-23-26-29-36-41-46-51-56-64(67)70-61(58-69-63(66)55-50-45-40-35-31-30-33-38-43-48-53-60(4)5)57-68-62(65)54-49-44-39-34-28-25-22-20-17-16-18-21-24-27-32-37-42-47-52-59(2)3/h59-61H,6-58H2,1-5H3/t61-/m0/s1. The van der Waals surface area contributed by atoms with E-state index in [1.165, 1.54) is 250 Å². The largest absolute Gasteiger partial charge is 0.462 e. The lowest BCUT2D eigenvalue weighted by Gasteiger charge is -2.18. The zero-order valence-corrected chi connectivity index (χ0v) is 48.2. The maximum absolute atomic E-state index is 12.9. The topological polar surface area (TPSA) is 78.9 Å². The molecule has 0 aliphatic rings. The Labute approximate surface area is 438 Å². The average molecular weight is 990 g/mol. The van der Waals surface area contributed by atoms with Crippen LogP contribution < -0.4 is 0 Å². The van der Waals surface area contributed by atoms with E-state index in [1.54, 1.807) is 0 Å². The Hall–Kier alpha value is -1.59. The van der Waals surface area contributed by atoms with Gasteiger partial charge in [-0.05, 0) is 31.1 Å². The van der Waals surface area contributed by atoms with Gasteiger partial charge in [-0.15, -0.1) is 0 Å². The lowest BCUT2D eigenvalue weighted by Crippen LogP contribution is -2.30. The number of carbonyl (C=O) groups excluding carboxylic acids is 3. The van der Waals surface area contributed by atoms with Gasteiger partial charge in [-0.25, -0.2) is 0 Å². The minimum atomic E-state index is -0.763. The molecule has 0 aromatic carbocycles. The number of rotatable bonds is 58. The molecule has 0 aromatic rings. The molecule has 0 bridgehead atoms. The van der Waals surface area contributed by atoms with Gasteiger partial charge >= 0.3 is 17.9 Å². The van der Waals surface area contributed by atoms with Crippen LogP contribution in [0.5, 0.6) is 0 Å². The summed E-state index contributed by atoms with van der Waals surface area (Å²) >= 11 is 0. The van der Waals surface area contributed by atoms with Crippen molar-refractivity contribution in [2.45, 2.75) is 368 Å². The van der Waals surface area contributed by atoms with E-state index in [1.807, 2.05) is 0 Å². The predicted molar refractivity (Wildman–Crippen MR) is 303 cm³/mol. The molecule has 0 unspecified atom stereocenters. The summed E-state index contributed by atoms with van der Waals surface area (Å²) in [4.78, 5) is 38.3. The fourth-order valence-corrected chi connectivity index (χ4v) is 9.93. The van der Waals surface area contributed by atoms with Gasteiger partial charge in [0.2, 0.25) is 0 Å². The summed E-state index contributed by atoms with van der Waals surface area (Å²) in [7, 11) is 0. The van der Waals surface area contributed by atoms with E-state index in [0.717, 1.165) is 69.6 Å². The van der Waals surface area contributed by atoms with Crippen molar-refractivity contribution in [3.8, 4) is 0 Å². The van der Waals surface area contributed by atoms with Gasteiger partial charge in [0, 0.05) is 19.3 Å². The van der Waals surface area contributed by atoms with Crippen LogP contribution in [0.2, 0.25) is 0 Å². The van der Waals surface area contributed by atoms with Crippen LogP contribution in [0, 0.1) is 11.8 Å². The van der Waals surface area contributed by atoms with Crippen molar-refractivity contribution in [2.75, 3.05) is 13.2 Å². The van der Waals surface area contributed by atoms with Crippen molar-refractivity contribution in [2.24, 2.45) is 11.8 Å². The van der Waals surface area contributed by atoms with E-state index >= 15 is 0 Å². The molecule has 6 heteroatoms. The van der Waals surface area contributed by atoms with Crippen molar-refractivity contribution in [3.63, 3.8) is 0 Å². The Kier molecular flexibility index (Phi) is 55.4. The summed E-state index contributed by atoms with van der Waals surface area (Å²) < 4.78 is 16.9. The molecule has 0 amide bonds. The number of hydrogen-bond acceptors (Lipinski definition) is 6. The minimum absolute atomic E-state index is 0.0621. The summed E-state index contributed by atoms with van der Waals surface area (Å²) in [5.74, 6) is 0.844. The number of esters is 3. The fourth-order valence-electron chi connectivity index (χ4n) is 9.93. The van der Waals surface area contributed by atoms with E-state index in [2.05, 4.69) is 34.6 Å². The third-order valence-electron chi connectivity index (χ3n) is 14.7. The van der Waals surface area contributed by atoms with Gasteiger partial charge in [0.25, 0.3) is 0 Å². The first kappa shape index (κ1) is 68.4. The highest BCUT2D eigenvalue weighted by molar-refractivity contribution is 5.71. The van der Waals surface area contributed by atoms with E-state index < -0.39 is 6.10 Å². The Morgan fingerprint density at radius 2 is 0.471 bits per heavy atom. The average Bonchev–Trinajstić information content (AvgIpc) is 3.33. The molecule has 6 nitrogen and oxygen atoms in total. The molecular weight excluding hydrogens is 865 g/mol. The molecule has 0 saturated carbocycles. The number of carbonyl (C=O) groups is 3. The van der Waals surface area contributed by atoms with Gasteiger partial charge in [0.1, 0.15) is 13.2 Å². The molecule has 0 aromatic heterocycles. The molecule has 0 heterocycles. The summed E-state index contributed by atoms with van der Waals surface area (Å²) in [6, 6.07) is 0. The fraction of sp³-hybridized carbons (Fsp3) is 0.953. The van der Waals surface area contributed by atoms with Gasteiger partial charge in [0.15, 0.2) is 6.10 Å². The summed E-state index contributed by atoms with van der Waals surface area (Å²) in [6.07, 6.45) is 62.5. The van der Waals surface area contributed by atoms with Crippen molar-refractivity contribution in [1.29, 1.82) is 0 Å². The highest BCUT2D eigenvalue weighted by Gasteiger charge is 2.19. The van der Waals surface area contributed by atoms with Crippen LogP contribution in [0.3, 0.4) is 0 Å². The summed E-state index contributed by atoms with van der Waals surface area (Å²) in [6.45, 7) is 11.4. The highest BCUT2D eigenvalue weighted by Crippen LogP contribution is 2.19. The first-order valence-corrected chi connectivity index (χ1v) is 31.7. The van der Waals surface area contributed by atoms with Crippen LogP contribution in [0.1, 0.15) is 362 Å². The predicted octanol–water partition coefficient (Wildman–Crippen LogP) is 21.2. The molecule has 0 radical (unpaired) electrons. The summed E-state index contributed by atoms with van der Waals surface area (Å²) in [5.41, 5.74) is 0. The molecule has 0 rings (SSSR count). The Morgan fingerprint density at radius 1 is 0.271 bits per heavy atom. The van der Waals surface area contributed by atoms with Crippen LogP contribution in [0.4, 0.5) is 0 Å². The molecule has 416 valence electrons. The third kappa shape index (κ3) is 57.3. The van der Waals surface area contributed by atoms with Gasteiger partial charge in [-0.2, -0.15) is 0 Å². The quantitative estimate of drug-likeness (QED) is 0.0343.